The second-order valence-electron chi connectivity index (χ2n) is 10.7. The molecule has 7 nitrogen and oxygen atoms in total. The Morgan fingerprint density at radius 2 is 1.73 bits per heavy atom. The number of likely N-dealkylation sites (tertiary alicyclic amines) is 1. The van der Waals surface area contributed by atoms with Crippen molar-refractivity contribution in [3.05, 3.63) is 30.6 Å². The van der Waals surface area contributed by atoms with Crippen molar-refractivity contribution in [2.75, 3.05) is 11.9 Å². The van der Waals surface area contributed by atoms with E-state index < -0.39 is 0 Å². The van der Waals surface area contributed by atoms with E-state index in [0.29, 0.717) is 6.54 Å². The van der Waals surface area contributed by atoms with Crippen molar-refractivity contribution in [1.82, 2.24) is 19.7 Å². The topological polar surface area (TPSA) is 80.1 Å². The minimum atomic E-state index is -0.349. The highest BCUT2D eigenvalue weighted by atomic mass is 32.2. The van der Waals surface area contributed by atoms with Crippen LogP contribution >= 0.6 is 11.8 Å². The number of amides is 2. The number of nitrogens with zero attached hydrogens (tertiary/aromatic N) is 4. The Morgan fingerprint density at radius 3 is 2.33 bits per heavy atom. The standard InChI is InChI=1S/C25H31N5O2S/c1-29-15-26-28-24(29)33-20-6-4-19(5-7-20)27-22(31)21-3-2-8-30(21)23(32)25-12-16-9-17(13-25)11-18(10-16)14-25/h4-7,15-18,21H,2-3,8-14H2,1H3,(H,27,31). The molecule has 1 atom stereocenters. The van der Waals surface area contributed by atoms with E-state index >= 15 is 0 Å². The number of aromatic nitrogens is 3. The van der Waals surface area contributed by atoms with Crippen LogP contribution in [0.4, 0.5) is 5.69 Å². The van der Waals surface area contributed by atoms with Gasteiger partial charge in [0.2, 0.25) is 11.8 Å². The van der Waals surface area contributed by atoms with Crippen LogP contribution in [0.15, 0.2) is 40.6 Å². The third kappa shape index (κ3) is 3.86. The van der Waals surface area contributed by atoms with Gasteiger partial charge in [0.15, 0.2) is 5.16 Å². The number of rotatable bonds is 5. The molecule has 2 amide bonds. The van der Waals surface area contributed by atoms with Gasteiger partial charge in [-0.05, 0) is 105 Å². The molecule has 4 aliphatic carbocycles. The van der Waals surface area contributed by atoms with Gasteiger partial charge in [0.25, 0.3) is 0 Å². The van der Waals surface area contributed by atoms with Gasteiger partial charge < -0.3 is 14.8 Å². The summed E-state index contributed by atoms with van der Waals surface area (Å²) in [6.45, 7) is 0.714. The fraction of sp³-hybridized carbons (Fsp3) is 0.600. The van der Waals surface area contributed by atoms with Gasteiger partial charge in [-0.2, -0.15) is 0 Å². The molecule has 7 rings (SSSR count). The SMILES string of the molecule is Cn1cnnc1Sc1ccc(NC(=O)C2CCCN2C(=O)C23CC4CC(CC(C4)C2)C3)cc1. The van der Waals surface area contributed by atoms with E-state index in [9.17, 15) is 9.59 Å². The summed E-state index contributed by atoms with van der Waals surface area (Å²) in [5, 5.41) is 11.9. The first kappa shape index (κ1) is 21.2. The Balaban J connectivity index is 1.12. The van der Waals surface area contributed by atoms with Gasteiger partial charge in [0.1, 0.15) is 12.4 Å². The molecule has 4 bridgehead atoms. The monoisotopic (exact) mass is 465 g/mol. The fourth-order valence-corrected chi connectivity index (χ4v) is 8.02. The van der Waals surface area contributed by atoms with Crippen molar-refractivity contribution < 1.29 is 9.59 Å². The van der Waals surface area contributed by atoms with Gasteiger partial charge in [-0.15, -0.1) is 10.2 Å². The molecule has 174 valence electrons. The molecule has 33 heavy (non-hydrogen) atoms. The maximum absolute atomic E-state index is 13.8. The van der Waals surface area contributed by atoms with Crippen molar-refractivity contribution in [1.29, 1.82) is 0 Å². The van der Waals surface area contributed by atoms with Crippen LogP contribution < -0.4 is 5.32 Å². The summed E-state index contributed by atoms with van der Waals surface area (Å²) < 4.78 is 1.87. The van der Waals surface area contributed by atoms with Crippen molar-refractivity contribution >= 4 is 29.3 Å². The minimum Gasteiger partial charge on any atom is -0.330 e. The molecule has 0 spiro atoms. The Kier molecular flexibility index (Phi) is 5.24. The number of anilines is 1. The van der Waals surface area contributed by atoms with E-state index in [1.165, 1.54) is 31.0 Å². The number of hydrogen-bond donors (Lipinski definition) is 1. The molecule has 1 saturated heterocycles. The third-order valence-corrected chi connectivity index (χ3v) is 9.37. The summed E-state index contributed by atoms with van der Waals surface area (Å²) >= 11 is 1.53. The zero-order chi connectivity index (χ0) is 22.6. The molecule has 2 aromatic rings. The van der Waals surface area contributed by atoms with Gasteiger partial charge in [-0.3, -0.25) is 9.59 Å². The number of carbonyl (C=O) groups excluding carboxylic acids is 2. The quantitative estimate of drug-likeness (QED) is 0.719. The van der Waals surface area contributed by atoms with Crippen LogP contribution in [0.1, 0.15) is 51.4 Å². The molecular weight excluding hydrogens is 434 g/mol. The van der Waals surface area contributed by atoms with E-state index in [1.807, 2.05) is 40.8 Å². The van der Waals surface area contributed by atoms with E-state index in [2.05, 4.69) is 15.5 Å². The smallest absolute Gasteiger partial charge is 0.247 e. The second-order valence-corrected chi connectivity index (χ2v) is 11.7. The Hall–Kier alpha value is -2.35. The predicted molar refractivity (Wildman–Crippen MR) is 126 cm³/mol. The fourth-order valence-electron chi connectivity index (χ4n) is 7.26. The Labute approximate surface area is 198 Å². The molecule has 5 fully saturated rings. The van der Waals surface area contributed by atoms with Gasteiger partial charge in [0, 0.05) is 24.2 Å². The predicted octanol–water partition coefficient (Wildman–Crippen LogP) is 4.11. The van der Waals surface area contributed by atoms with E-state index in [4.69, 9.17) is 0 Å². The van der Waals surface area contributed by atoms with Crippen molar-refractivity contribution in [2.24, 2.45) is 30.2 Å². The Morgan fingerprint density at radius 1 is 1.06 bits per heavy atom. The molecule has 5 aliphatic rings. The molecule has 8 heteroatoms. The van der Waals surface area contributed by atoms with E-state index in [0.717, 1.165) is 65.6 Å². The second kappa shape index (κ2) is 8.15. The average molecular weight is 466 g/mol. The lowest BCUT2D eigenvalue weighted by molar-refractivity contribution is -0.160. The third-order valence-electron chi connectivity index (χ3n) is 8.31. The summed E-state index contributed by atoms with van der Waals surface area (Å²) in [5.74, 6) is 2.41. The summed E-state index contributed by atoms with van der Waals surface area (Å²) in [6, 6.07) is 7.43. The minimum absolute atomic E-state index is 0.0562. The molecule has 2 heterocycles. The van der Waals surface area contributed by atoms with Gasteiger partial charge in [-0.1, -0.05) is 0 Å². The number of carbonyl (C=O) groups is 2. The van der Waals surface area contributed by atoms with E-state index in [1.54, 1.807) is 6.33 Å². The zero-order valence-corrected chi connectivity index (χ0v) is 19.9. The van der Waals surface area contributed by atoms with Crippen LogP contribution in [-0.4, -0.2) is 44.1 Å². The Bertz CT molecular complexity index is 1030. The van der Waals surface area contributed by atoms with Crippen LogP contribution in [0.25, 0.3) is 0 Å². The van der Waals surface area contributed by atoms with Crippen molar-refractivity contribution in [3.63, 3.8) is 0 Å². The molecule has 1 N–H and O–H groups in total. The first-order valence-electron chi connectivity index (χ1n) is 12.2. The van der Waals surface area contributed by atoms with Crippen molar-refractivity contribution in [3.8, 4) is 0 Å². The van der Waals surface area contributed by atoms with Crippen molar-refractivity contribution in [2.45, 2.75) is 67.5 Å². The summed E-state index contributed by atoms with van der Waals surface area (Å²) in [4.78, 5) is 30.0. The molecule has 4 saturated carbocycles. The maximum Gasteiger partial charge on any atom is 0.247 e. The maximum atomic E-state index is 13.8. The zero-order valence-electron chi connectivity index (χ0n) is 19.1. The molecule has 1 aliphatic heterocycles. The van der Waals surface area contributed by atoms with E-state index in [-0.39, 0.29) is 23.3 Å². The first-order valence-corrected chi connectivity index (χ1v) is 13.0. The lowest BCUT2D eigenvalue weighted by Crippen LogP contribution is -2.56. The summed E-state index contributed by atoms with van der Waals surface area (Å²) in [6.07, 6.45) is 10.4. The van der Waals surface area contributed by atoms with Crippen LogP contribution in [0.2, 0.25) is 0 Å². The molecule has 1 unspecified atom stereocenters. The largest absolute Gasteiger partial charge is 0.330 e. The number of aryl methyl sites for hydroxylation is 1. The number of hydrogen-bond acceptors (Lipinski definition) is 5. The molecule has 1 aromatic heterocycles. The number of nitrogens with one attached hydrogen (secondary N) is 1. The highest BCUT2D eigenvalue weighted by molar-refractivity contribution is 7.99. The summed E-state index contributed by atoms with van der Waals surface area (Å²) in [7, 11) is 1.91. The average Bonchev–Trinajstić information content (AvgIpc) is 3.43. The lowest BCUT2D eigenvalue weighted by atomic mass is 9.49. The van der Waals surface area contributed by atoms with Crippen LogP contribution in [-0.2, 0) is 16.6 Å². The van der Waals surface area contributed by atoms with Crippen LogP contribution in [0, 0.1) is 23.2 Å². The molecule has 0 radical (unpaired) electrons. The normalized spacial score (nSPS) is 32.3. The molecular formula is C25H31N5O2S. The van der Waals surface area contributed by atoms with Gasteiger partial charge in [0.05, 0.1) is 5.41 Å². The van der Waals surface area contributed by atoms with Crippen LogP contribution in [0.5, 0.6) is 0 Å². The van der Waals surface area contributed by atoms with Crippen LogP contribution in [0.3, 0.4) is 0 Å². The van der Waals surface area contributed by atoms with Gasteiger partial charge >= 0.3 is 0 Å². The first-order chi connectivity index (χ1) is 16.0. The highest BCUT2D eigenvalue weighted by Crippen LogP contribution is 2.60. The molecule has 1 aromatic carbocycles. The van der Waals surface area contributed by atoms with Gasteiger partial charge in [-0.25, -0.2) is 0 Å². The highest BCUT2D eigenvalue weighted by Gasteiger charge is 2.56. The summed E-state index contributed by atoms with van der Waals surface area (Å²) in [5.41, 5.74) is 0.576. The lowest BCUT2D eigenvalue weighted by Gasteiger charge is -2.56. The number of benzene rings is 1.